The summed E-state index contributed by atoms with van der Waals surface area (Å²) in [6.45, 7) is 0. The van der Waals surface area contributed by atoms with Crippen LogP contribution in [0.3, 0.4) is 0 Å². The molecule has 452 valence electrons. The largest absolute Gasteiger partial charge is 0.264 e. The molecule has 10 aromatic carbocycles. The van der Waals surface area contributed by atoms with Gasteiger partial charge in [0, 0.05) is 92.2 Å². The van der Waals surface area contributed by atoms with Crippen LogP contribution in [0, 0.1) is 0 Å². The van der Waals surface area contributed by atoms with E-state index in [0.717, 1.165) is 112 Å². The van der Waals surface area contributed by atoms with E-state index in [9.17, 15) is 0 Å². The van der Waals surface area contributed by atoms with Crippen molar-refractivity contribution in [2.24, 2.45) is 0 Å². The van der Waals surface area contributed by atoms with Gasteiger partial charge in [0.1, 0.15) is 0 Å². The zero-order chi connectivity index (χ0) is 64.2. The minimum absolute atomic E-state index is 0.627. The molecule has 10 nitrogen and oxygen atoms in total. The standard InChI is InChI=1S/2C43H29N5/c1-3-9-30(10-4-1)31-18-22-35(23-19-31)42-46-41(34-11-5-2-6-12-34)47-43(48-42)37-14-7-13-36(27-37)32-16-20-33(21-17-32)40-25-24-39(29-45-40)38-15-8-26-44-28-38;1-3-10-30(11-4-1)31-19-23-35(24-20-31)42-46-41(34-12-5-2-6-13-34)47-43(48-42)37-15-9-14-36(28-37)32-17-21-33(22-18-32)40-26-25-38(29-45-40)39-16-7-8-27-44-39/h2*1-29H. The summed E-state index contributed by atoms with van der Waals surface area (Å²) in [6, 6.07) is 109. The molecule has 96 heavy (non-hydrogen) atoms. The molecule has 0 aliphatic heterocycles. The zero-order valence-corrected chi connectivity index (χ0v) is 52.0. The number of aromatic nitrogens is 10. The van der Waals surface area contributed by atoms with Crippen LogP contribution < -0.4 is 0 Å². The predicted octanol–water partition coefficient (Wildman–Crippen LogP) is 20.7. The SMILES string of the molecule is c1ccc(-c2ccc(-c3nc(-c4ccccc4)nc(-c4cccc(-c5ccc(-c6ccc(-c7ccccn7)cn6)cc5)c4)n3)cc2)cc1.c1ccc(-c2ccc(-c3nc(-c4ccccc4)nc(-c4cccc(-c5ccc(-c6ccc(-c7cccnc7)cn6)cc5)c4)n3)cc2)cc1. The van der Waals surface area contributed by atoms with Gasteiger partial charge in [-0.3, -0.25) is 19.9 Å². The molecule has 16 rings (SSSR count). The summed E-state index contributed by atoms with van der Waals surface area (Å²) in [5.41, 5.74) is 22.5. The molecule has 6 aromatic heterocycles. The Labute approximate surface area is 556 Å². The van der Waals surface area contributed by atoms with Crippen LogP contribution >= 0.6 is 0 Å². The number of benzene rings is 10. The van der Waals surface area contributed by atoms with Gasteiger partial charge in [-0.2, -0.15) is 0 Å². The molecule has 0 atom stereocenters. The lowest BCUT2D eigenvalue weighted by Crippen LogP contribution is -2.00. The molecular weight excluding hydrogens is 1170 g/mol. The minimum atomic E-state index is 0.627. The Morgan fingerprint density at radius 2 is 0.427 bits per heavy atom. The van der Waals surface area contributed by atoms with E-state index in [1.54, 1.807) is 12.4 Å². The van der Waals surface area contributed by atoms with Gasteiger partial charge < -0.3 is 0 Å². The molecule has 10 heteroatoms. The van der Waals surface area contributed by atoms with Crippen molar-refractivity contribution in [3.8, 4) is 158 Å². The first-order valence-corrected chi connectivity index (χ1v) is 31.6. The number of rotatable bonds is 14. The molecule has 6 heterocycles. The van der Waals surface area contributed by atoms with Gasteiger partial charge in [-0.05, 0) is 93.0 Å². The summed E-state index contributed by atoms with van der Waals surface area (Å²) in [7, 11) is 0. The van der Waals surface area contributed by atoms with Crippen molar-refractivity contribution in [1.82, 2.24) is 49.8 Å². The molecule has 0 saturated carbocycles. The fraction of sp³-hybridized carbons (Fsp3) is 0. The van der Waals surface area contributed by atoms with E-state index in [-0.39, 0.29) is 0 Å². The second-order valence-corrected chi connectivity index (χ2v) is 22.9. The van der Waals surface area contributed by atoms with Gasteiger partial charge >= 0.3 is 0 Å². The molecule has 0 N–H and O–H groups in total. The van der Waals surface area contributed by atoms with Crippen LogP contribution in [0.2, 0.25) is 0 Å². The monoisotopic (exact) mass is 1230 g/mol. The highest BCUT2D eigenvalue weighted by molar-refractivity contribution is 5.78. The molecule has 0 aliphatic carbocycles. The molecule has 0 unspecified atom stereocenters. The van der Waals surface area contributed by atoms with Crippen molar-refractivity contribution < 1.29 is 0 Å². The van der Waals surface area contributed by atoms with Gasteiger partial charge in [-0.15, -0.1) is 0 Å². The highest BCUT2D eigenvalue weighted by Gasteiger charge is 2.17. The summed E-state index contributed by atoms with van der Waals surface area (Å²) in [5.74, 6) is 3.80. The average Bonchev–Trinajstić information content (AvgIpc) is 0.847. The van der Waals surface area contributed by atoms with E-state index in [2.05, 4.69) is 222 Å². The van der Waals surface area contributed by atoms with Crippen molar-refractivity contribution >= 4 is 0 Å². The third-order valence-electron chi connectivity index (χ3n) is 16.6. The van der Waals surface area contributed by atoms with Gasteiger partial charge in [-0.25, -0.2) is 29.9 Å². The van der Waals surface area contributed by atoms with Crippen LogP contribution in [-0.4, -0.2) is 49.8 Å². The highest BCUT2D eigenvalue weighted by atomic mass is 15.0. The first-order valence-electron chi connectivity index (χ1n) is 31.6. The molecule has 0 spiro atoms. The van der Waals surface area contributed by atoms with Crippen molar-refractivity contribution in [1.29, 1.82) is 0 Å². The van der Waals surface area contributed by atoms with Crippen LogP contribution in [0.5, 0.6) is 0 Å². The summed E-state index contributed by atoms with van der Waals surface area (Å²) in [6.07, 6.45) is 9.19. The summed E-state index contributed by atoms with van der Waals surface area (Å²) in [4.78, 5) is 47.8. The van der Waals surface area contributed by atoms with Crippen LogP contribution in [-0.2, 0) is 0 Å². The van der Waals surface area contributed by atoms with E-state index >= 15 is 0 Å². The normalized spacial score (nSPS) is 10.9. The van der Waals surface area contributed by atoms with Crippen molar-refractivity contribution in [3.63, 3.8) is 0 Å². The quantitative estimate of drug-likeness (QED) is 0.104. The lowest BCUT2D eigenvalue weighted by molar-refractivity contribution is 1.07. The van der Waals surface area contributed by atoms with E-state index < -0.39 is 0 Å². The van der Waals surface area contributed by atoms with Crippen molar-refractivity contribution in [3.05, 3.63) is 353 Å². The second kappa shape index (κ2) is 27.7. The Balaban J connectivity index is 0.000000158. The van der Waals surface area contributed by atoms with Gasteiger partial charge in [0.25, 0.3) is 0 Å². The minimum Gasteiger partial charge on any atom is -0.264 e. The Kier molecular flexibility index (Phi) is 17.1. The molecule has 0 fully saturated rings. The topological polar surface area (TPSA) is 129 Å². The number of hydrogen-bond acceptors (Lipinski definition) is 10. The fourth-order valence-corrected chi connectivity index (χ4v) is 11.4. The van der Waals surface area contributed by atoms with Crippen LogP contribution in [0.1, 0.15) is 0 Å². The molecule has 0 amide bonds. The zero-order valence-electron chi connectivity index (χ0n) is 52.0. The van der Waals surface area contributed by atoms with Gasteiger partial charge in [0.2, 0.25) is 0 Å². The van der Waals surface area contributed by atoms with Crippen molar-refractivity contribution in [2.45, 2.75) is 0 Å². The molecule has 0 saturated heterocycles. The molecule has 16 aromatic rings. The third-order valence-corrected chi connectivity index (χ3v) is 16.6. The number of pyridine rings is 4. The Morgan fingerprint density at radius 3 is 0.802 bits per heavy atom. The van der Waals surface area contributed by atoms with Gasteiger partial charge in [0.15, 0.2) is 34.9 Å². The summed E-state index contributed by atoms with van der Waals surface area (Å²) >= 11 is 0. The van der Waals surface area contributed by atoms with E-state index in [0.29, 0.717) is 34.9 Å². The van der Waals surface area contributed by atoms with E-state index in [1.165, 1.54) is 11.1 Å². The Hall–Kier alpha value is -13.2. The smallest absolute Gasteiger partial charge is 0.164 e. The first kappa shape index (κ1) is 59.1. The number of hydrogen-bond donors (Lipinski definition) is 0. The van der Waals surface area contributed by atoms with Crippen LogP contribution in [0.25, 0.3) is 158 Å². The number of nitrogens with zero attached hydrogens (tertiary/aromatic N) is 10. The van der Waals surface area contributed by atoms with Gasteiger partial charge in [-0.1, -0.05) is 273 Å². The third kappa shape index (κ3) is 13.6. The Morgan fingerprint density at radius 1 is 0.146 bits per heavy atom. The maximum atomic E-state index is 4.98. The average molecular weight is 1230 g/mol. The highest BCUT2D eigenvalue weighted by Crippen LogP contribution is 2.34. The van der Waals surface area contributed by atoms with Crippen LogP contribution in [0.15, 0.2) is 353 Å². The van der Waals surface area contributed by atoms with E-state index in [1.807, 2.05) is 128 Å². The predicted molar refractivity (Wildman–Crippen MR) is 387 cm³/mol. The Bertz CT molecular complexity index is 4910. The summed E-state index contributed by atoms with van der Waals surface area (Å²) in [5, 5.41) is 0. The lowest BCUT2D eigenvalue weighted by atomic mass is 10.00. The second-order valence-electron chi connectivity index (χ2n) is 22.9. The molecule has 0 bridgehead atoms. The lowest BCUT2D eigenvalue weighted by Gasteiger charge is -2.10. The van der Waals surface area contributed by atoms with Crippen molar-refractivity contribution in [2.75, 3.05) is 0 Å². The fourth-order valence-electron chi connectivity index (χ4n) is 11.4. The molecule has 0 radical (unpaired) electrons. The molecular formula is C86H58N10. The maximum Gasteiger partial charge on any atom is 0.164 e. The maximum absolute atomic E-state index is 4.98. The van der Waals surface area contributed by atoms with E-state index in [4.69, 9.17) is 39.9 Å². The molecule has 0 aliphatic rings. The summed E-state index contributed by atoms with van der Waals surface area (Å²) < 4.78 is 0. The van der Waals surface area contributed by atoms with Gasteiger partial charge in [0.05, 0.1) is 17.1 Å². The van der Waals surface area contributed by atoms with Crippen LogP contribution in [0.4, 0.5) is 0 Å². The first-order chi connectivity index (χ1) is 47.5.